The average molecular weight is 413 g/mol. The number of hydrazine groups is 1. The van der Waals surface area contributed by atoms with Gasteiger partial charge in [0.15, 0.2) is 0 Å². The third kappa shape index (κ3) is 2.60. The van der Waals surface area contributed by atoms with Gasteiger partial charge in [0.2, 0.25) is 5.91 Å². The summed E-state index contributed by atoms with van der Waals surface area (Å²) in [5.74, 6) is -1.23. The fourth-order valence-corrected chi connectivity index (χ4v) is 4.98. The summed E-state index contributed by atoms with van der Waals surface area (Å²) in [6.45, 7) is 1.50. The number of carbonyl (C=O) groups excluding carboxylic acids is 2. The van der Waals surface area contributed by atoms with E-state index in [9.17, 15) is 19.7 Å². The zero-order valence-corrected chi connectivity index (χ0v) is 16.0. The molecule has 0 aromatic heterocycles. The van der Waals surface area contributed by atoms with E-state index in [0.29, 0.717) is 6.54 Å². The van der Waals surface area contributed by atoms with Crippen molar-refractivity contribution in [2.24, 2.45) is 5.92 Å². The third-order valence-corrected chi connectivity index (χ3v) is 6.25. The minimum absolute atomic E-state index is 0.0362. The van der Waals surface area contributed by atoms with E-state index in [1.54, 1.807) is 0 Å². The van der Waals surface area contributed by atoms with E-state index in [0.717, 1.165) is 23.4 Å². The lowest BCUT2D eigenvalue weighted by Gasteiger charge is -2.29. The van der Waals surface area contributed by atoms with Crippen molar-refractivity contribution < 1.29 is 14.5 Å². The summed E-state index contributed by atoms with van der Waals surface area (Å²) in [6, 6.07) is 12.9. The minimum atomic E-state index is -0.618. The molecule has 0 radical (unpaired) electrons. The molecule has 3 saturated heterocycles. The van der Waals surface area contributed by atoms with Crippen molar-refractivity contribution in [3.63, 3.8) is 0 Å². The quantitative estimate of drug-likeness (QED) is 0.437. The molecule has 9 heteroatoms. The fourth-order valence-electron chi connectivity index (χ4n) is 4.80. The number of hydrogen-bond donors (Lipinski definition) is 0. The smallest absolute Gasteiger partial charge is 0.274 e. The van der Waals surface area contributed by atoms with Gasteiger partial charge in [-0.3, -0.25) is 19.7 Å². The largest absolute Gasteiger partial charge is 0.289 e. The summed E-state index contributed by atoms with van der Waals surface area (Å²) in [6.07, 6.45) is 0.917. The van der Waals surface area contributed by atoms with E-state index < -0.39 is 16.9 Å². The molecule has 5 rings (SSSR count). The molecule has 0 N–H and O–H groups in total. The van der Waals surface area contributed by atoms with Crippen LogP contribution in [0.5, 0.6) is 0 Å². The number of imide groups is 1. The molecule has 2 aromatic carbocycles. The summed E-state index contributed by atoms with van der Waals surface area (Å²) in [4.78, 5) is 38.5. The van der Waals surface area contributed by atoms with Gasteiger partial charge in [0.1, 0.15) is 11.1 Å². The maximum absolute atomic E-state index is 13.4. The van der Waals surface area contributed by atoms with Crippen molar-refractivity contribution in [2.45, 2.75) is 18.5 Å². The maximum Gasteiger partial charge on any atom is 0.289 e. The molecule has 2 aromatic rings. The Balaban J connectivity index is 1.58. The van der Waals surface area contributed by atoms with Crippen molar-refractivity contribution in [1.29, 1.82) is 0 Å². The van der Waals surface area contributed by atoms with Gasteiger partial charge in [0.25, 0.3) is 11.6 Å². The first-order chi connectivity index (χ1) is 14.0. The summed E-state index contributed by atoms with van der Waals surface area (Å²) >= 11 is 5.90. The van der Waals surface area contributed by atoms with Crippen LogP contribution in [-0.2, 0) is 9.59 Å². The molecular weight excluding hydrogens is 396 g/mol. The molecule has 0 aliphatic carbocycles. The Morgan fingerprint density at radius 1 is 0.966 bits per heavy atom. The summed E-state index contributed by atoms with van der Waals surface area (Å²) in [7, 11) is 0. The van der Waals surface area contributed by atoms with E-state index in [4.69, 9.17) is 11.6 Å². The van der Waals surface area contributed by atoms with Gasteiger partial charge in [0.05, 0.1) is 22.6 Å². The number of hydrogen-bond acceptors (Lipinski definition) is 6. The number of nitrogens with zero attached hydrogens (tertiary/aromatic N) is 4. The lowest BCUT2D eigenvalue weighted by molar-refractivity contribution is -0.384. The van der Waals surface area contributed by atoms with Gasteiger partial charge in [-0.15, -0.1) is 0 Å². The van der Waals surface area contributed by atoms with Gasteiger partial charge in [-0.2, -0.15) is 0 Å². The summed E-state index contributed by atoms with van der Waals surface area (Å²) in [5.41, 5.74) is 0.837. The SMILES string of the molecule is O=C1[C@@H]2[C@@H](C(=O)N1c1ccc(Cl)c([N+](=O)[O-])c1)N1CCCN1[C@H]2c1ccccc1. The first-order valence-corrected chi connectivity index (χ1v) is 9.77. The van der Waals surface area contributed by atoms with E-state index in [2.05, 4.69) is 5.01 Å². The van der Waals surface area contributed by atoms with Crippen LogP contribution >= 0.6 is 11.6 Å². The number of benzene rings is 2. The monoisotopic (exact) mass is 412 g/mol. The number of nitro benzene ring substituents is 1. The molecule has 3 heterocycles. The molecule has 29 heavy (non-hydrogen) atoms. The number of amides is 2. The molecular formula is C20H17ClN4O4. The number of carbonyl (C=O) groups is 2. The highest BCUT2D eigenvalue weighted by atomic mass is 35.5. The number of rotatable bonds is 3. The van der Waals surface area contributed by atoms with Crippen molar-refractivity contribution >= 4 is 34.8 Å². The molecule has 3 atom stereocenters. The number of nitro groups is 1. The van der Waals surface area contributed by atoms with Gasteiger partial charge >= 0.3 is 0 Å². The zero-order chi connectivity index (χ0) is 20.3. The van der Waals surface area contributed by atoms with Crippen molar-refractivity contribution in [3.05, 3.63) is 69.2 Å². The minimum Gasteiger partial charge on any atom is -0.274 e. The highest BCUT2D eigenvalue weighted by Crippen LogP contribution is 2.49. The predicted molar refractivity (Wildman–Crippen MR) is 105 cm³/mol. The maximum atomic E-state index is 13.4. The number of anilines is 1. The Morgan fingerprint density at radius 3 is 2.34 bits per heavy atom. The Kier molecular flexibility index (Phi) is 4.16. The topological polar surface area (TPSA) is 87.0 Å². The lowest BCUT2D eigenvalue weighted by Crippen LogP contribution is -2.44. The zero-order valence-electron chi connectivity index (χ0n) is 15.3. The highest BCUT2D eigenvalue weighted by molar-refractivity contribution is 6.33. The van der Waals surface area contributed by atoms with Gasteiger partial charge in [0, 0.05) is 19.2 Å². The second-order valence-corrected chi connectivity index (χ2v) is 7.82. The molecule has 3 aliphatic heterocycles. The van der Waals surface area contributed by atoms with E-state index in [1.165, 1.54) is 18.2 Å². The Hall–Kier alpha value is -2.81. The molecule has 148 valence electrons. The number of halogens is 1. The normalized spacial score (nSPS) is 26.8. The van der Waals surface area contributed by atoms with E-state index in [-0.39, 0.29) is 34.3 Å². The average Bonchev–Trinajstić information content (AvgIpc) is 3.35. The molecule has 2 amide bonds. The van der Waals surface area contributed by atoms with Crippen molar-refractivity contribution in [1.82, 2.24) is 10.0 Å². The lowest BCUT2D eigenvalue weighted by atomic mass is 9.90. The molecule has 3 fully saturated rings. The summed E-state index contributed by atoms with van der Waals surface area (Å²) in [5, 5.41) is 15.3. The Labute approximate surface area is 171 Å². The Morgan fingerprint density at radius 2 is 1.66 bits per heavy atom. The molecule has 8 nitrogen and oxygen atoms in total. The van der Waals surface area contributed by atoms with E-state index >= 15 is 0 Å². The molecule has 0 spiro atoms. The first-order valence-electron chi connectivity index (χ1n) is 9.39. The summed E-state index contributed by atoms with van der Waals surface area (Å²) < 4.78 is 0. The fraction of sp³-hybridized carbons (Fsp3) is 0.300. The van der Waals surface area contributed by atoms with Crippen LogP contribution in [0, 0.1) is 16.0 Å². The number of fused-ring (bicyclic) bond motifs is 3. The van der Waals surface area contributed by atoms with Crippen LogP contribution in [0.4, 0.5) is 11.4 Å². The van der Waals surface area contributed by atoms with Crippen LogP contribution in [0.2, 0.25) is 5.02 Å². The van der Waals surface area contributed by atoms with Gasteiger partial charge < -0.3 is 0 Å². The predicted octanol–water partition coefficient (Wildman–Crippen LogP) is 2.78. The Bertz CT molecular complexity index is 1030. The second kappa shape index (κ2) is 6.62. The van der Waals surface area contributed by atoms with Crippen LogP contribution in [-0.4, -0.2) is 45.9 Å². The van der Waals surface area contributed by atoms with Crippen molar-refractivity contribution in [2.75, 3.05) is 18.0 Å². The van der Waals surface area contributed by atoms with E-state index in [1.807, 2.05) is 35.3 Å². The first kappa shape index (κ1) is 18.2. The molecule has 3 aliphatic rings. The van der Waals surface area contributed by atoms with Crippen LogP contribution in [0.25, 0.3) is 0 Å². The van der Waals surface area contributed by atoms with Crippen LogP contribution in [0.1, 0.15) is 18.0 Å². The van der Waals surface area contributed by atoms with Crippen LogP contribution in [0.3, 0.4) is 0 Å². The van der Waals surface area contributed by atoms with Crippen molar-refractivity contribution in [3.8, 4) is 0 Å². The second-order valence-electron chi connectivity index (χ2n) is 7.41. The third-order valence-electron chi connectivity index (χ3n) is 5.93. The van der Waals surface area contributed by atoms with Crippen LogP contribution in [0.15, 0.2) is 48.5 Å². The highest BCUT2D eigenvalue weighted by Gasteiger charge is 2.62. The van der Waals surface area contributed by atoms with Gasteiger partial charge in [-0.05, 0) is 24.1 Å². The standard InChI is InChI=1S/C20H17ClN4O4/c21-14-8-7-13(11-15(14)25(28)29)24-19(26)16-17(12-5-2-1-3-6-12)22-9-4-10-23(22)18(16)20(24)27/h1-3,5-8,11,16-18H,4,9-10H2/t16-,17-,18-/m0/s1. The van der Waals surface area contributed by atoms with Crippen LogP contribution < -0.4 is 4.90 Å². The van der Waals surface area contributed by atoms with Gasteiger partial charge in [-0.25, -0.2) is 14.9 Å². The van der Waals surface area contributed by atoms with Gasteiger partial charge in [-0.1, -0.05) is 41.9 Å². The molecule has 0 unspecified atom stereocenters. The molecule has 0 bridgehead atoms. The molecule has 0 saturated carbocycles.